The van der Waals surface area contributed by atoms with Crippen LogP contribution >= 0.6 is 0 Å². The molecule has 0 amide bonds. The lowest BCUT2D eigenvalue weighted by Crippen LogP contribution is -2.41. The lowest BCUT2D eigenvalue weighted by atomic mass is 9.85. The normalized spacial score (nSPS) is 26.2. The van der Waals surface area contributed by atoms with Crippen molar-refractivity contribution in [2.45, 2.75) is 70.6 Å². The highest BCUT2D eigenvalue weighted by atomic mass is 16.7. The molecule has 0 spiro atoms. The van der Waals surface area contributed by atoms with E-state index >= 15 is 0 Å². The maximum absolute atomic E-state index is 6.03. The van der Waals surface area contributed by atoms with Gasteiger partial charge in [-0.05, 0) is 46.6 Å². The molecule has 1 saturated heterocycles. The van der Waals surface area contributed by atoms with Crippen LogP contribution in [0.25, 0.3) is 0 Å². The van der Waals surface area contributed by atoms with E-state index in [0.29, 0.717) is 6.04 Å². The first-order valence-corrected chi connectivity index (χ1v) is 7.30. The Hall–Kier alpha value is -0.805. The van der Waals surface area contributed by atoms with Gasteiger partial charge in [-0.15, -0.1) is 0 Å². The van der Waals surface area contributed by atoms with Gasteiger partial charge in [-0.2, -0.15) is 5.10 Å². The molecular weight excluding hydrogens is 239 g/mol. The summed E-state index contributed by atoms with van der Waals surface area (Å²) >= 11 is 0. The quantitative estimate of drug-likeness (QED) is 0.767. The molecule has 0 N–H and O–H groups in total. The average molecular weight is 262 g/mol. The van der Waals surface area contributed by atoms with Crippen molar-refractivity contribution in [2.24, 2.45) is 0 Å². The molecule has 1 saturated carbocycles. The van der Waals surface area contributed by atoms with Crippen LogP contribution in [0.5, 0.6) is 0 Å². The highest BCUT2D eigenvalue weighted by Crippen LogP contribution is 2.36. The smallest absolute Gasteiger partial charge is 0.398 e. The van der Waals surface area contributed by atoms with Gasteiger partial charge in [0, 0.05) is 6.20 Å². The topological polar surface area (TPSA) is 36.3 Å². The van der Waals surface area contributed by atoms with Crippen molar-refractivity contribution in [1.29, 1.82) is 0 Å². The highest BCUT2D eigenvalue weighted by Gasteiger charge is 2.52. The van der Waals surface area contributed by atoms with E-state index in [0.717, 1.165) is 5.59 Å². The molecule has 0 radical (unpaired) electrons. The highest BCUT2D eigenvalue weighted by molar-refractivity contribution is 6.61. The Labute approximate surface area is 115 Å². The van der Waals surface area contributed by atoms with Gasteiger partial charge in [0.1, 0.15) is 0 Å². The van der Waals surface area contributed by atoms with Crippen LogP contribution in [-0.4, -0.2) is 28.1 Å². The van der Waals surface area contributed by atoms with E-state index in [4.69, 9.17) is 9.31 Å². The van der Waals surface area contributed by atoms with Gasteiger partial charge < -0.3 is 9.31 Å². The first-order valence-electron chi connectivity index (χ1n) is 7.30. The van der Waals surface area contributed by atoms with Crippen LogP contribution < -0.4 is 5.59 Å². The Morgan fingerprint density at radius 3 is 2.32 bits per heavy atom. The van der Waals surface area contributed by atoms with Crippen LogP contribution in [0.15, 0.2) is 12.3 Å². The Morgan fingerprint density at radius 2 is 1.74 bits per heavy atom. The average Bonchev–Trinajstić information content (AvgIpc) is 3.00. The zero-order chi connectivity index (χ0) is 13.7. The molecule has 1 aromatic heterocycles. The van der Waals surface area contributed by atoms with Crippen molar-refractivity contribution in [1.82, 2.24) is 9.78 Å². The summed E-state index contributed by atoms with van der Waals surface area (Å²) in [5.41, 5.74) is 0.300. The third-order valence-corrected chi connectivity index (χ3v) is 4.82. The van der Waals surface area contributed by atoms with E-state index in [1.807, 2.05) is 6.07 Å². The largest absolute Gasteiger partial charge is 0.516 e. The predicted octanol–water partition coefficient (Wildman–Crippen LogP) is 2.30. The molecule has 104 valence electrons. The fourth-order valence-electron chi connectivity index (χ4n) is 2.81. The monoisotopic (exact) mass is 262 g/mol. The second-order valence-electron chi connectivity index (χ2n) is 6.75. The van der Waals surface area contributed by atoms with E-state index < -0.39 is 0 Å². The molecule has 2 aliphatic rings. The van der Waals surface area contributed by atoms with Crippen molar-refractivity contribution in [3.05, 3.63) is 12.3 Å². The third-order valence-electron chi connectivity index (χ3n) is 4.82. The summed E-state index contributed by atoms with van der Waals surface area (Å²) in [6.07, 6.45) is 7.18. The van der Waals surface area contributed by atoms with Gasteiger partial charge in [-0.1, -0.05) is 12.8 Å². The molecule has 1 aliphatic carbocycles. The summed E-state index contributed by atoms with van der Waals surface area (Å²) < 4.78 is 14.1. The second-order valence-corrected chi connectivity index (χ2v) is 6.75. The molecular formula is C14H23BN2O2. The number of hydrogen-bond acceptors (Lipinski definition) is 3. The van der Waals surface area contributed by atoms with Gasteiger partial charge in [0.15, 0.2) is 0 Å². The van der Waals surface area contributed by atoms with Crippen LogP contribution in [0.2, 0.25) is 0 Å². The van der Waals surface area contributed by atoms with E-state index in [9.17, 15) is 0 Å². The van der Waals surface area contributed by atoms with Crippen molar-refractivity contribution in [3.8, 4) is 0 Å². The minimum absolute atomic E-state index is 0.297. The molecule has 4 nitrogen and oxygen atoms in total. The lowest BCUT2D eigenvalue weighted by Gasteiger charge is -2.32. The van der Waals surface area contributed by atoms with Gasteiger partial charge in [0.2, 0.25) is 0 Å². The maximum Gasteiger partial charge on any atom is 0.516 e. The summed E-state index contributed by atoms with van der Waals surface area (Å²) in [6, 6.07) is 2.59. The Morgan fingerprint density at radius 1 is 1.16 bits per heavy atom. The number of nitrogens with zero attached hydrogens (tertiary/aromatic N) is 2. The molecule has 2 heterocycles. The minimum atomic E-state index is -0.340. The Bertz CT molecular complexity index is 448. The van der Waals surface area contributed by atoms with Gasteiger partial charge >= 0.3 is 7.12 Å². The number of hydrogen-bond donors (Lipinski definition) is 0. The van der Waals surface area contributed by atoms with Crippen LogP contribution in [-0.2, 0) is 9.31 Å². The zero-order valence-corrected chi connectivity index (χ0v) is 12.3. The fourth-order valence-corrected chi connectivity index (χ4v) is 2.81. The predicted molar refractivity (Wildman–Crippen MR) is 75.4 cm³/mol. The van der Waals surface area contributed by atoms with Crippen molar-refractivity contribution < 1.29 is 9.31 Å². The zero-order valence-electron chi connectivity index (χ0n) is 12.3. The summed E-state index contributed by atoms with van der Waals surface area (Å²) in [4.78, 5) is 0. The Kier molecular flexibility index (Phi) is 3.02. The van der Waals surface area contributed by atoms with Gasteiger partial charge in [-0.3, -0.25) is 4.68 Å². The van der Waals surface area contributed by atoms with E-state index in [2.05, 4.69) is 43.7 Å². The standard InChI is InChI=1S/C14H23BN2O2/c1-13(2)14(3,4)19-15(18-13)12-9-10-17(16-12)11-7-5-6-8-11/h9-11H,5-8H2,1-4H3. The molecule has 5 heteroatoms. The van der Waals surface area contributed by atoms with Crippen molar-refractivity contribution >= 4 is 12.7 Å². The van der Waals surface area contributed by atoms with Crippen LogP contribution in [0, 0.1) is 0 Å². The molecule has 2 fully saturated rings. The number of aromatic nitrogens is 2. The first-order chi connectivity index (χ1) is 8.89. The molecule has 3 rings (SSSR count). The van der Waals surface area contributed by atoms with E-state index in [1.165, 1.54) is 25.7 Å². The minimum Gasteiger partial charge on any atom is -0.398 e. The van der Waals surface area contributed by atoms with Crippen LogP contribution in [0.1, 0.15) is 59.4 Å². The summed E-state index contributed by atoms with van der Waals surface area (Å²) in [5.74, 6) is 0. The molecule has 1 aliphatic heterocycles. The van der Waals surface area contributed by atoms with Crippen molar-refractivity contribution in [3.63, 3.8) is 0 Å². The first kappa shape index (κ1) is 13.2. The van der Waals surface area contributed by atoms with Gasteiger partial charge in [-0.25, -0.2) is 0 Å². The lowest BCUT2D eigenvalue weighted by molar-refractivity contribution is 0.00578. The summed E-state index contributed by atoms with van der Waals surface area (Å²) in [7, 11) is -0.340. The van der Waals surface area contributed by atoms with Gasteiger partial charge in [0.05, 0.1) is 22.8 Å². The van der Waals surface area contributed by atoms with Crippen molar-refractivity contribution in [2.75, 3.05) is 0 Å². The second kappa shape index (κ2) is 4.35. The van der Waals surface area contributed by atoms with E-state index in [-0.39, 0.29) is 18.3 Å². The Balaban J connectivity index is 1.77. The molecule has 0 aromatic carbocycles. The third kappa shape index (κ3) is 2.23. The SMILES string of the molecule is CC1(C)OB(c2ccn(C3CCCC3)n2)OC1(C)C. The molecule has 0 bridgehead atoms. The van der Waals surface area contributed by atoms with Crippen LogP contribution in [0.3, 0.4) is 0 Å². The van der Waals surface area contributed by atoms with Crippen LogP contribution in [0.4, 0.5) is 0 Å². The summed E-state index contributed by atoms with van der Waals surface area (Å²) in [5, 5.41) is 4.67. The van der Waals surface area contributed by atoms with E-state index in [1.54, 1.807) is 0 Å². The molecule has 0 unspecified atom stereocenters. The summed E-state index contributed by atoms with van der Waals surface area (Å²) in [6.45, 7) is 8.28. The van der Waals surface area contributed by atoms with Gasteiger partial charge in [0.25, 0.3) is 0 Å². The molecule has 19 heavy (non-hydrogen) atoms. The number of rotatable bonds is 2. The fraction of sp³-hybridized carbons (Fsp3) is 0.786. The maximum atomic E-state index is 6.03. The molecule has 1 aromatic rings. The molecule has 0 atom stereocenters.